The molecule has 0 aromatic rings. The van der Waals surface area contributed by atoms with Crippen molar-refractivity contribution in [2.45, 2.75) is 32.4 Å². The van der Waals surface area contributed by atoms with E-state index in [0.29, 0.717) is 11.7 Å². The molecule has 0 bridgehead atoms. The van der Waals surface area contributed by atoms with E-state index in [2.05, 4.69) is 13.8 Å². The first-order chi connectivity index (χ1) is 4.63. The van der Waals surface area contributed by atoms with Crippen molar-refractivity contribution >= 4 is 17.5 Å². The monoisotopic (exact) mass is 160 g/mol. The van der Waals surface area contributed by atoms with E-state index in [4.69, 9.17) is 0 Å². The summed E-state index contributed by atoms with van der Waals surface area (Å²) in [4.78, 5) is 11.0. The van der Waals surface area contributed by atoms with Gasteiger partial charge in [-0.2, -0.15) is 11.8 Å². The molecule has 0 rings (SSSR count). The number of rotatable bonds is 4. The van der Waals surface area contributed by atoms with E-state index >= 15 is 0 Å². The van der Waals surface area contributed by atoms with Crippen LogP contribution in [0.1, 0.15) is 27.2 Å². The fourth-order valence-electron chi connectivity index (χ4n) is 1.01. The molecule has 60 valence electrons. The van der Waals surface area contributed by atoms with Crippen molar-refractivity contribution < 1.29 is 4.79 Å². The number of Topliss-reactive ketones (excluding diaryl/α,β-unsaturated/α-hetero) is 1. The smallest absolute Gasteiger partial charge is 0.143 e. The summed E-state index contributed by atoms with van der Waals surface area (Å²) in [5.41, 5.74) is 0. The third kappa shape index (κ3) is 2.74. The van der Waals surface area contributed by atoms with Gasteiger partial charge in [-0.05, 0) is 19.1 Å². The highest BCUT2D eigenvalue weighted by Gasteiger charge is 2.18. The average molecular weight is 160 g/mol. The van der Waals surface area contributed by atoms with Crippen LogP contribution in [0, 0.1) is 5.92 Å². The highest BCUT2D eigenvalue weighted by molar-refractivity contribution is 7.99. The number of carbonyl (C=O) groups is 1. The molecule has 10 heavy (non-hydrogen) atoms. The van der Waals surface area contributed by atoms with E-state index in [1.165, 1.54) is 0 Å². The van der Waals surface area contributed by atoms with Gasteiger partial charge in [0.1, 0.15) is 5.78 Å². The van der Waals surface area contributed by atoms with E-state index in [1.54, 1.807) is 18.7 Å². The summed E-state index contributed by atoms with van der Waals surface area (Å²) in [5, 5.41) is 0.213. The van der Waals surface area contributed by atoms with Crippen molar-refractivity contribution in [3.8, 4) is 0 Å². The first-order valence-corrected chi connectivity index (χ1v) is 4.95. The molecule has 0 aliphatic carbocycles. The van der Waals surface area contributed by atoms with Crippen LogP contribution in [-0.2, 0) is 4.79 Å². The van der Waals surface area contributed by atoms with E-state index in [1.807, 2.05) is 6.26 Å². The molecule has 1 unspecified atom stereocenters. The molecule has 0 aliphatic heterocycles. The van der Waals surface area contributed by atoms with E-state index in [9.17, 15) is 4.79 Å². The molecule has 0 spiro atoms. The largest absolute Gasteiger partial charge is 0.299 e. The van der Waals surface area contributed by atoms with Gasteiger partial charge in [0.05, 0.1) is 5.25 Å². The fraction of sp³-hybridized carbons (Fsp3) is 0.875. The van der Waals surface area contributed by atoms with Crippen LogP contribution >= 0.6 is 11.8 Å². The predicted octanol–water partition coefficient (Wildman–Crippen LogP) is 2.35. The topological polar surface area (TPSA) is 17.1 Å². The van der Waals surface area contributed by atoms with E-state index in [0.717, 1.165) is 6.42 Å². The van der Waals surface area contributed by atoms with Crippen LogP contribution in [0.4, 0.5) is 0 Å². The van der Waals surface area contributed by atoms with Crippen LogP contribution in [0.2, 0.25) is 0 Å². The Hall–Kier alpha value is 0.0200. The lowest BCUT2D eigenvalue weighted by Gasteiger charge is -2.16. The number of ketones is 1. The molecule has 0 amide bonds. The highest BCUT2D eigenvalue weighted by Crippen LogP contribution is 2.20. The van der Waals surface area contributed by atoms with Gasteiger partial charge >= 0.3 is 0 Å². The van der Waals surface area contributed by atoms with Crippen molar-refractivity contribution in [2.75, 3.05) is 6.26 Å². The van der Waals surface area contributed by atoms with Crippen LogP contribution in [0.25, 0.3) is 0 Å². The molecule has 0 aromatic heterocycles. The fourth-order valence-corrected chi connectivity index (χ4v) is 2.00. The number of thioether (sulfide) groups is 1. The SMILES string of the molecule is CC[C@H](C)C(SC)C(C)=O. The second kappa shape index (κ2) is 4.78. The predicted molar refractivity (Wildman–Crippen MR) is 47.4 cm³/mol. The summed E-state index contributed by atoms with van der Waals surface area (Å²) < 4.78 is 0. The minimum atomic E-state index is 0.213. The van der Waals surface area contributed by atoms with Gasteiger partial charge in [0.15, 0.2) is 0 Å². The van der Waals surface area contributed by atoms with Crippen molar-refractivity contribution in [3.05, 3.63) is 0 Å². The molecule has 2 atom stereocenters. The summed E-state index contributed by atoms with van der Waals surface area (Å²) in [5.74, 6) is 0.828. The van der Waals surface area contributed by atoms with Gasteiger partial charge in [-0.1, -0.05) is 20.3 Å². The zero-order chi connectivity index (χ0) is 8.15. The van der Waals surface area contributed by atoms with Crippen LogP contribution < -0.4 is 0 Å². The minimum absolute atomic E-state index is 0.213. The Morgan fingerprint density at radius 1 is 1.60 bits per heavy atom. The molecule has 0 aliphatic rings. The lowest BCUT2D eigenvalue weighted by Crippen LogP contribution is -2.21. The van der Waals surface area contributed by atoms with Crippen LogP contribution in [0.15, 0.2) is 0 Å². The normalized spacial score (nSPS) is 16.4. The van der Waals surface area contributed by atoms with Crippen molar-refractivity contribution in [3.63, 3.8) is 0 Å². The summed E-state index contributed by atoms with van der Waals surface area (Å²) in [6.45, 7) is 5.92. The Labute approximate surface area is 67.6 Å². The van der Waals surface area contributed by atoms with E-state index < -0.39 is 0 Å². The van der Waals surface area contributed by atoms with Crippen LogP contribution in [-0.4, -0.2) is 17.3 Å². The molecule has 0 heterocycles. The number of hydrogen-bond acceptors (Lipinski definition) is 2. The lowest BCUT2D eigenvalue weighted by molar-refractivity contribution is -0.117. The first kappa shape index (κ1) is 10.0. The molecule has 0 N–H and O–H groups in total. The Bertz CT molecular complexity index is 112. The van der Waals surface area contributed by atoms with Gasteiger partial charge in [-0.25, -0.2) is 0 Å². The molecule has 2 heteroatoms. The van der Waals surface area contributed by atoms with Crippen molar-refractivity contribution in [1.82, 2.24) is 0 Å². The van der Waals surface area contributed by atoms with Crippen molar-refractivity contribution in [2.24, 2.45) is 5.92 Å². The van der Waals surface area contributed by atoms with Crippen LogP contribution in [0.5, 0.6) is 0 Å². The minimum Gasteiger partial charge on any atom is -0.299 e. The Kier molecular flexibility index (Phi) is 4.79. The third-order valence-corrected chi connectivity index (χ3v) is 3.12. The molecular formula is C8H16OS. The zero-order valence-electron chi connectivity index (χ0n) is 7.18. The van der Waals surface area contributed by atoms with Crippen LogP contribution in [0.3, 0.4) is 0 Å². The van der Waals surface area contributed by atoms with Gasteiger partial charge in [-0.3, -0.25) is 4.79 Å². The Morgan fingerprint density at radius 3 is 2.20 bits per heavy atom. The second-order valence-corrected chi connectivity index (χ2v) is 3.63. The molecular weight excluding hydrogens is 144 g/mol. The van der Waals surface area contributed by atoms with E-state index in [-0.39, 0.29) is 5.25 Å². The van der Waals surface area contributed by atoms with Gasteiger partial charge in [0, 0.05) is 0 Å². The molecule has 0 aromatic carbocycles. The molecule has 0 radical (unpaired) electrons. The molecule has 1 nitrogen and oxygen atoms in total. The molecule has 0 saturated carbocycles. The van der Waals surface area contributed by atoms with Gasteiger partial charge in [0.25, 0.3) is 0 Å². The highest BCUT2D eigenvalue weighted by atomic mass is 32.2. The second-order valence-electron chi connectivity index (χ2n) is 2.65. The maximum atomic E-state index is 11.0. The molecule has 0 fully saturated rings. The quantitative estimate of drug-likeness (QED) is 0.628. The summed E-state index contributed by atoms with van der Waals surface area (Å²) in [6.07, 6.45) is 3.09. The van der Waals surface area contributed by atoms with Crippen molar-refractivity contribution in [1.29, 1.82) is 0 Å². The molecule has 0 saturated heterocycles. The maximum Gasteiger partial charge on any atom is 0.143 e. The Morgan fingerprint density at radius 2 is 2.10 bits per heavy atom. The van der Waals surface area contributed by atoms with Gasteiger partial charge in [0.2, 0.25) is 0 Å². The van der Waals surface area contributed by atoms with Gasteiger partial charge < -0.3 is 0 Å². The number of carbonyl (C=O) groups excluding carboxylic acids is 1. The summed E-state index contributed by atoms with van der Waals surface area (Å²) in [6, 6.07) is 0. The first-order valence-electron chi connectivity index (χ1n) is 3.66. The maximum absolute atomic E-state index is 11.0. The lowest BCUT2D eigenvalue weighted by atomic mass is 10.0. The number of hydrogen-bond donors (Lipinski definition) is 0. The summed E-state index contributed by atoms with van der Waals surface area (Å²) in [7, 11) is 0. The zero-order valence-corrected chi connectivity index (χ0v) is 7.99. The third-order valence-electron chi connectivity index (χ3n) is 1.82. The van der Waals surface area contributed by atoms with Gasteiger partial charge in [-0.15, -0.1) is 0 Å². The standard InChI is InChI=1S/C8H16OS/c1-5-6(2)8(10-4)7(3)9/h6,8H,5H2,1-4H3/t6-,8?/m0/s1. The Balaban J connectivity index is 3.92. The summed E-state index contributed by atoms with van der Waals surface area (Å²) >= 11 is 1.66. The average Bonchev–Trinajstić information content (AvgIpc) is 1.88.